The van der Waals surface area contributed by atoms with Crippen LogP contribution < -0.4 is 5.32 Å². The van der Waals surface area contributed by atoms with E-state index in [2.05, 4.69) is 15.4 Å². The highest BCUT2D eigenvalue weighted by Crippen LogP contribution is 2.12. The molecule has 0 bridgehead atoms. The maximum atomic E-state index is 11.3. The normalized spacial score (nSPS) is 11.5. The predicted octanol–water partition coefficient (Wildman–Crippen LogP) is 1.14. The number of rotatable bonds is 4. The Balaban J connectivity index is 2.07. The minimum absolute atomic E-state index is 0.0793. The Morgan fingerprint density at radius 2 is 2.11 bits per heavy atom. The highest BCUT2D eigenvalue weighted by molar-refractivity contribution is 7.90. The average molecular weight is 280 g/mol. The zero-order valence-electron chi connectivity index (χ0n) is 11.1. The lowest BCUT2D eigenvalue weighted by Gasteiger charge is -2.05. The van der Waals surface area contributed by atoms with Crippen LogP contribution >= 0.6 is 0 Å². The number of hydrogen-bond donors (Lipinski definition) is 1. The van der Waals surface area contributed by atoms with Gasteiger partial charge in [0.25, 0.3) is 0 Å². The van der Waals surface area contributed by atoms with Gasteiger partial charge < -0.3 is 5.32 Å². The number of nitrogens with zero attached hydrogens (tertiary/aromatic N) is 3. The Kier molecular flexibility index (Phi) is 3.57. The van der Waals surface area contributed by atoms with E-state index in [4.69, 9.17) is 0 Å². The fourth-order valence-electron chi connectivity index (χ4n) is 1.72. The molecule has 0 spiro atoms. The van der Waals surface area contributed by atoms with Gasteiger partial charge in [0, 0.05) is 31.6 Å². The molecule has 0 atom stereocenters. The maximum absolute atomic E-state index is 11.3. The van der Waals surface area contributed by atoms with Gasteiger partial charge in [-0.25, -0.2) is 13.4 Å². The lowest BCUT2D eigenvalue weighted by atomic mass is 10.2. The smallest absolute Gasteiger partial charge is 0.192 e. The van der Waals surface area contributed by atoms with E-state index in [1.54, 1.807) is 10.7 Å². The van der Waals surface area contributed by atoms with Gasteiger partial charge in [-0.1, -0.05) is 0 Å². The second-order valence-electron chi connectivity index (χ2n) is 4.42. The van der Waals surface area contributed by atoms with Crippen molar-refractivity contribution in [2.45, 2.75) is 18.5 Å². The third kappa shape index (κ3) is 3.31. The number of aryl methyl sites for hydroxylation is 2. The summed E-state index contributed by atoms with van der Waals surface area (Å²) < 4.78 is 24.3. The van der Waals surface area contributed by atoms with Gasteiger partial charge in [-0.2, -0.15) is 5.10 Å². The average Bonchev–Trinajstić information content (AvgIpc) is 2.65. The third-order valence-corrected chi connectivity index (χ3v) is 3.72. The fraction of sp³-hybridized carbons (Fsp3) is 0.333. The summed E-state index contributed by atoms with van der Waals surface area (Å²) in [7, 11) is -1.37. The van der Waals surface area contributed by atoms with Gasteiger partial charge in [-0.15, -0.1) is 0 Å². The molecule has 1 N–H and O–H groups in total. The molecule has 0 amide bonds. The van der Waals surface area contributed by atoms with Crippen LogP contribution in [0.2, 0.25) is 0 Å². The van der Waals surface area contributed by atoms with E-state index in [-0.39, 0.29) is 5.03 Å². The van der Waals surface area contributed by atoms with Crippen molar-refractivity contribution in [3.05, 3.63) is 35.8 Å². The van der Waals surface area contributed by atoms with Crippen molar-refractivity contribution in [2.75, 3.05) is 11.6 Å². The lowest BCUT2D eigenvalue weighted by molar-refractivity contribution is 0.598. The van der Waals surface area contributed by atoms with Crippen LogP contribution in [0, 0.1) is 6.92 Å². The monoisotopic (exact) mass is 280 g/mol. The molecule has 19 heavy (non-hydrogen) atoms. The van der Waals surface area contributed by atoms with Gasteiger partial charge in [0.2, 0.25) is 0 Å². The summed E-state index contributed by atoms with van der Waals surface area (Å²) in [4.78, 5) is 3.92. The zero-order valence-corrected chi connectivity index (χ0v) is 11.9. The van der Waals surface area contributed by atoms with Crippen LogP contribution in [0.1, 0.15) is 11.3 Å². The number of sulfone groups is 1. The van der Waals surface area contributed by atoms with Crippen molar-refractivity contribution in [3.63, 3.8) is 0 Å². The molecule has 6 nitrogen and oxygen atoms in total. The highest BCUT2D eigenvalue weighted by Gasteiger charge is 2.08. The molecule has 0 radical (unpaired) electrons. The summed E-state index contributed by atoms with van der Waals surface area (Å²) >= 11 is 0. The first-order chi connectivity index (χ1) is 8.86. The minimum Gasteiger partial charge on any atom is -0.380 e. The van der Waals surface area contributed by atoms with Gasteiger partial charge in [-0.3, -0.25) is 4.68 Å². The quantitative estimate of drug-likeness (QED) is 0.908. The summed E-state index contributed by atoms with van der Waals surface area (Å²) in [6.45, 7) is 2.57. The van der Waals surface area contributed by atoms with E-state index < -0.39 is 9.84 Å². The summed E-state index contributed by atoms with van der Waals surface area (Å²) in [6, 6.07) is 3.20. The van der Waals surface area contributed by atoms with Gasteiger partial charge in [0.15, 0.2) is 14.9 Å². The van der Waals surface area contributed by atoms with Crippen LogP contribution in [0.15, 0.2) is 29.6 Å². The molecule has 0 aliphatic rings. The van der Waals surface area contributed by atoms with E-state index >= 15 is 0 Å². The van der Waals surface area contributed by atoms with Crippen molar-refractivity contribution >= 4 is 15.5 Å². The Labute approximate surface area is 112 Å². The topological polar surface area (TPSA) is 76.9 Å². The number of nitrogens with one attached hydrogen (secondary N) is 1. The van der Waals surface area contributed by atoms with Crippen molar-refractivity contribution in [3.8, 4) is 0 Å². The summed E-state index contributed by atoms with van der Waals surface area (Å²) in [5, 5.41) is 7.51. The van der Waals surface area contributed by atoms with E-state index in [1.165, 1.54) is 12.3 Å². The maximum Gasteiger partial charge on any atom is 0.192 e. The molecule has 2 aromatic heterocycles. The van der Waals surface area contributed by atoms with Crippen LogP contribution in [-0.4, -0.2) is 29.4 Å². The Morgan fingerprint density at radius 3 is 2.58 bits per heavy atom. The molecule has 0 unspecified atom stereocenters. The lowest BCUT2D eigenvalue weighted by Crippen LogP contribution is -2.03. The van der Waals surface area contributed by atoms with Crippen molar-refractivity contribution in [2.24, 2.45) is 7.05 Å². The number of anilines is 1. The van der Waals surface area contributed by atoms with Crippen molar-refractivity contribution in [1.82, 2.24) is 14.8 Å². The molecule has 0 saturated heterocycles. The Morgan fingerprint density at radius 1 is 1.37 bits per heavy atom. The molecule has 0 aromatic carbocycles. The van der Waals surface area contributed by atoms with E-state index in [0.29, 0.717) is 6.54 Å². The second kappa shape index (κ2) is 5.00. The summed E-state index contributed by atoms with van der Waals surface area (Å²) in [6.07, 6.45) is 4.60. The molecule has 0 fully saturated rings. The molecule has 0 aliphatic carbocycles. The van der Waals surface area contributed by atoms with Crippen LogP contribution in [0.5, 0.6) is 0 Å². The SMILES string of the molecule is Cc1nn(C)cc1CNc1ccc(S(C)(=O)=O)nc1. The van der Waals surface area contributed by atoms with Gasteiger partial charge >= 0.3 is 0 Å². The number of hydrogen-bond acceptors (Lipinski definition) is 5. The van der Waals surface area contributed by atoms with E-state index in [0.717, 1.165) is 23.2 Å². The number of aromatic nitrogens is 3. The van der Waals surface area contributed by atoms with Crippen LogP contribution in [0.4, 0.5) is 5.69 Å². The molecule has 2 heterocycles. The molecule has 2 aromatic rings. The Hall–Kier alpha value is -1.89. The molecule has 0 saturated carbocycles. The van der Waals surface area contributed by atoms with Gasteiger partial charge in [-0.05, 0) is 19.1 Å². The second-order valence-corrected chi connectivity index (χ2v) is 6.39. The minimum atomic E-state index is -3.24. The Bertz CT molecular complexity index is 674. The largest absolute Gasteiger partial charge is 0.380 e. The summed E-state index contributed by atoms with van der Waals surface area (Å²) in [5.74, 6) is 0. The van der Waals surface area contributed by atoms with Crippen molar-refractivity contribution in [1.29, 1.82) is 0 Å². The standard InChI is InChI=1S/C12H16N4O2S/c1-9-10(8-16(2)15-9)6-13-11-4-5-12(14-7-11)19(3,17)18/h4-5,7-8,13H,6H2,1-3H3. The summed E-state index contributed by atoms with van der Waals surface area (Å²) in [5.41, 5.74) is 2.83. The first-order valence-corrected chi connectivity index (χ1v) is 7.64. The van der Waals surface area contributed by atoms with Crippen LogP contribution in [0.25, 0.3) is 0 Å². The molecule has 102 valence electrons. The first-order valence-electron chi connectivity index (χ1n) is 5.75. The van der Waals surface area contributed by atoms with E-state index in [9.17, 15) is 8.42 Å². The predicted molar refractivity (Wildman–Crippen MR) is 72.6 cm³/mol. The zero-order chi connectivity index (χ0) is 14.0. The van der Waals surface area contributed by atoms with Crippen LogP contribution in [-0.2, 0) is 23.4 Å². The molecule has 7 heteroatoms. The molecular weight excluding hydrogens is 264 g/mol. The van der Waals surface area contributed by atoms with Crippen LogP contribution in [0.3, 0.4) is 0 Å². The first kappa shape index (κ1) is 13.5. The highest BCUT2D eigenvalue weighted by atomic mass is 32.2. The van der Waals surface area contributed by atoms with Crippen molar-refractivity contribution < 1.29 is 8.42 Å². The third-order valence-electron chi connectivity index (χ3n) is 2.71. The molecule has 2 rings (SSSR count). The van der Waals surface area contributed by atoms with Gasteiger partial charge in [0.1, 0.15) is 0 Å². The molecular formula is C12H16N4O2S. The number of pyridine rings is 1. The fourth-order valence-corrected chi connectivity index (χ4v) is 2.28. The molecule has 0 aliphatic heterocycles. The van der Waals surface area contributed by atoms with Gasteiger partial charge in [0.05, 0.1) is 17.6 Å². The van der Waals surface area contributed by atoms with E-state index in [1.807, 2.05) is 20.2 Å².